The molecule has 5 heteroatoms. The van der Waals surface area contributed by atoms with Gasteiger partial charge in [0.1, 0.15) is 6.04 Å². The molecule has 0 aliphatic rings. The fourth-order valence-electron chi connectivity index (χ4n) is 1.51. The van der Waals surface area contributed by atoms with Gasteiger partial charge in [-0.05, 0) is 12.0 Å². The number of esters is 2. The average molecular weight is 251 g/mol. The Morgan fingerprint density at radius 1 is 1.17 bits per heavy atom. The SMILES string of the molecule is COC(=O)CNC(Cc1ccccc1)C(=O)OC. The topological polar surface area (TPSA) is 64.6 Å². The van der Waals surface area contributed by atoms with E-state index < -0.39 is 18.0 Å². The summed E-state index contributed by atoms with van der Waals surface area (Å²) in [5, 5.41) is 2.82. The zero-order chi connectivity index (χ0) is 13.4. The summed E-state index contributed by atoms with van der Waals surface area (Å²) >= 11 is 0. The average Bonchev–Trinajstić information content (AvgIpc) is 2.43. The van der Waals surface area contributed by atoms with Gasteiger partial charge in [0.25, 0.3) is 0 Å². The first-order valence-electron chi connectivity index (χ1n) is 5.59. The third kappa shape index (κ3) is 4.55. The van der Waals surface area contributed by atoms with Crippen molar-refractivity contribution >= 4 is 11.9 Å². The quantitative estimate of drug-likeness (QED) is 0.747. The van der Waals surface area contributed by atoms with Crippen LogP contribution in [0.15, 0.2) is 30.3 Å². The molecule has 5 nitrogen and oxygen atoms in total. The number of hydrogen-bond acceptors (Lipinski definition) is 5. The molecule has 0 aliphatic heterocycles. The maximum Gasteiger partial charge on any atom is 0.323 e. The number of methoxy groups -OCH3 is 2. The summed E-state index contributed by atoms with van der Waals surface area (Å²) in [5.74, 6) is -0.820. The smallest absolute Gasteiger partial charge is 0.323 e. The number of benzene rings is 1. The number of carbonyl (C=O) groups excluding carboxylic acids is 2. The molecule has 1 unspecified atom stereocenters. The van der Waals surface area contributed by atoms with Crippen molar-refractivity contribution in [1.82, 2.24) is 5.32 Å². The fraction of sp³-hybridized carbons (Fsp3) is 0.385. The van der Waals surface area contributed by atoms with Gasteiger partial charge >= 0.3 is 11.9 Å². The molecule has 0 bridgehead atoms. The molecule has 1 aromatic rings. The van der Waals surface area contributed by atoms with E-state index in [2.05, 4.69) is 10.1 Å². The highest BCUT2D eigenvalue weighted by Crippen LogP contribution is 2.04. The third-order valence-electron chi connectivity index (χ3n) is 2.49. The van der Waals surface area contributed by atoms with Crippen molar-refractivity contribution in [3.05, 3.63) is 35.9 Å². The maximum absolute atomic E-state index is 11.6. The van der Waals surface area contributed by atoms with Crippen LogP contribution in [-0.2, 0) is 25.5 Å². The highest BCUT2D eigenvalue weighted by atomic mass is 16.5. The van der Waals surface area contributed by atoms with Crippen LogP contribution in [0.1, 0.15) is 5.56 Å². The second-order valence-electron chi connectivity index (χ2n) is 3.72. The molecule has 0 amide bonds. The Labute approximate surface area is 106 Å². The molecular formula is C13H17NO4. The van der Waals surface area contributed by atoms with E-state index in [1.54, 1.807) is 0 Å². The lowest BCUT2D eigenvalue weighted by Crippen LogP contribution is -2.42. The Kier molecular flexibility index (Phi) is 5.87. The minimum absolute atomic E-state index is 0.0247. The second kappa shape index (κ2) is 7.45. The molecule has 0 aliphatic carbocycles. The van der Waals surface area contributed by atoms with Gasteiger partial charge in [-0.3, -0.25) is 14.9 Å². The summed E-state index contributed by atoms with van der Waals surface area (Å²) in [4.78, 5) is 22.6. The van der Waals surface area contributed by atoms with Crippen molar-refractivity contribution in [2.75, 3.05) is 20.8 Å². The van der Waals surface area contributed by atoms with Gasteiger partial charge in [0.05, 0.1) is 20.8 Å². The van der Waals surface area contributed by atoms with E-state index in [1.165, 1.54) is 14.2 Å². The van der Waals surface area contributed by atoms with E-state index in [0.29, 0.717) is 6.42 Å². The van der Waals surface area contributed by atoms with Gasteiger partial charge in [-0.1, -0.05) is 30.3 Å². The number of ether oxygens (including phenoxy) is 2. The maximum atomic E-state index is 11.6. The van der Waals surface area contributed by atoms with Crippen molar-refractivity contribution in [2.24, 2.45) is 0 Å². The number of nitrogens with one attached hydrogen (secondary N) is 1. The predicted octanol–water partition coefficient (Wildman–Crippen LogP) is 0.533. The second-order valence-corrected chi connectivity index (χ2v) is 3.72. The Morgan fingerprint density at radius 2 is 1.83 bits per heavy atom. The summed E-state index contributed by atoms with van der Waals surface area (Å²) in [6.45, 7) is -0.0247. The monoisotopic (exact) mass is 251 g/mol. The van der Waals surface area contributed by atoms with Crippen molar-refractivity contribution in [1.29, 1.82) is 0 Å². The molecule has 0 heterocycles. The van der Waals surface area contributed by atoms with E-state index >= 15 is 0 Å². The minimum Gasteiger partial charge on any atom is -0.468 e. The molecule has 98 valence electrons. The van der Waals surface area contributed by atoms with Crippen molar-refractivity contribution < 1.29 is 19.1 Å². The van der Waals surface area contributed by atoms with Crippen molar-refractivity contribution in [2.45, 2.75) is 12.5 Å². The molecule has 0 saturated carbocycles. The van der Waals surface area contributed by atoms with Crippen molar-refractivity contribution in [3.8, 4) is 0 Å². The van der Waals surface area contributed by atoms with Gasteiger partial charge < -0.3 is 9.47 Å². The zero-order valence-electron chi connectivity index (χ0n) is 10.5. The van der Waals surface area contributed by atoms with Crippen molar-refractivity contribution in [3.63, 3.8) is 0 Å². The lowest BCUT2D eigenvalue weighted by molar-refractivity contribution is -0.144. The standard InChI is InChI=1S/C13H17NO4/c1-17-12(15)9-14-11(13(16)18-2)8-10-6-4-3-5-7-10/h3-7,11,14H,8-9H2,1-2H3. The van der Waals surface area contributed by atoms with Crippen LogP contribution in [0.5, 0.6) is 0 Å². The van der Waals surface area contributed by atoms with Crippen LogP contribution in [0.4, 0.5) is 0 Å². The molecular weight excluding hydrogens is 234 g/mol. The molecule has 1 aromatic carbocycles. The first-order chi connectivity index (χ1) is 8.67. The van der Waals surface area contributed by atoms with E-state index in [-0.39, 0.29) is 6.54 Å². The van der Waals surface area contributed by atoms with Gasteiger partial charge in [0.2, 0.25) is 0 Å². The van der Waals surface area contributed by atoms with E-state index in [0.717, 1.165) is 5.56 Å². The summed E-state index contributed by atoms with van der Waals surface area (Å²) in [7, 11) is 2.62. The third-order valence-corrected chi connectivity index (χ3v) is 2.49. The normalized spacial score (nSPS) is 11.7. The number of rotatable bonds is 6. The molecule has 0 aromatic heterocycles. The minimum atomic E-state index is -0.559. The Balaban J connectivity index is 2.61. The summed E-state index contributed by atoms with van der Waals surface area (Å²) in [5.41, 5.74) is 0.991. The van der Waals surface area contributed by atoms with E-state index in [4.69, 9.17) is 4.74 Å². The highest BCUT2D eigenvalue weighted by Gasteiger charge is 2.20. The Bertz CT molecular complexity index is 391. The van der Waals surface area contributed by atoms with Gasteiger partial charge in [-0.2, -0.15) is 0 Å². The Morgan fingerprint density at radius 3 is 2.39 bits per heavy atom. The van der Waals surface area contributed by atoms with Gasteiger partial charge in [-0.25, -0.2) is 0 Å². The van der Waals surface area contributed by atoms with Crippen LogP contribution in [-0.4, -0.2) is 38.7 Å². The lowest BCUT2D eigenvalue weighted by Gasteiger charge is -2.15. The molecule has 0 fully saturated rings. The van der Waals surface area contributed by atoms with Crippen LogP contribution < -0.4 is 5.32 Å². The van der Waals surface area contributed by atoms with Gasteiger partial charge in [0, 0.05) is 0 Å². The molecule has 1 rings (SSSR count). The predicted molar refractivity (Wildman–Crippen MR) is 66.0 cm³/mol. The van der Waals surface area contributed by atoms with E-state index in [9.17, 15) is 9.59 Å². The van der Waals surface area contributed by atoms with Crippen LogP contribution in [0.3, 0.4) is 0 Å². The van der Waals surface area contributed by atoms with E-state index in [1.807, 2.05) is 30.3 Å². The highest BCUT2D eigenvalue weighted by molar-refractivity contribution is 5.78. The van der Waals surface area contributed by atoms with Crippen LogP contribution >= 0.6 is 0 Å². The molecule has 0 spiro atoms. The first kappa shape index (κ1) is 14.2. The summed E-state index contributed by atoms with van der Waals surface area (Å²) < 4.78 is 9.21. The van der Waals surface area contributed by atoms with Crippen LogP contribution in [0, 0.1) is 0 Å². The van der Waals surface area contributed by atoms with Crippen LogP contribution in [0.2, 0.25) is 0 Å². The molecule has 0 radical (unpaired) electrons. The summed E-state index contributed by atoms with van der Waals surface area (Å²) in [6, 6.07) is 8.95. The molecule has 1 atom stereocenters. The summed E-state index contributed by atoms with van der Waals surface area (Å²) in [6.07, 6.45) is 0.463. The fourth-order valence-corrected chi connectivity index (χ4v) is 1.51. The Hall–Kier alpha value is -1.88. The van der Waals surface area contributed by atoms with Crippen LogP contribution in [0.25, 0.3) is 0 Å². The first-order valence-corrected chi connectivity index (χ1v) is 5.59. The largest absolute Gasteiger partial charge is 0.468 e. The molecule has 0 saturated heterocycles. The lowest BCUT2D eigenvalue weighted by atomic mass is 10.1. The molecule has 1 N–H and O–H groups in total. The number of hydrogen-bond donors (Lipinski definition) is 1. The van der Waals surface area contributed by atoms with Gasteiger partial charge in [-0.15, -0.1) is 0 Å². The molecule has 18 heavy (non-hydrogen) atoms. The van der Waals surface area contributed by atoms with Gasteiger partial charge in [0.15, 0.2) is 0 Å². The zero-order valence-corrected chi connectivity index (χ0v) is 10.5. The number of carbonyl (C=O) groups is 2.